The number of nitrogens with one attached hydrogen (secondary N) is 1. The van der Waals surface area contributed by atoms with Crippen LogP contribution in [-0.4, -0.2) is 12.6 Å². The highest BCUT2D eigenvalue weighted by atomic mass is 35.5. The molecule has 1 aromatic carbocycles. The second-order valence-electron chi connectivity index (χ2n) is 6.08. The molecule has 1 fully saturated rings. The van der Waals surface area contributed by atoms with Gasteiger partial charge >= 0.3 is 0 Å². The number of benzene rings is 1. The van der Waals surface area contributed by atoms with Crippen LogP contribution in [0.3, 0.4) is 0 Å². The molecule has 0 radical (unpaired) electrons. The first-order valence-electron chi connectivity index (χ1n) is 7.01. The van der Waals surface area contributed by atoms with Gasteiger partial charge in [-0.1, -0.05) is 37.6 Å². The van der Waals surface area contributed by atoms with Gasteiger partial charge in [-0.2, -0.15) is 0 Å². The first-order valence-corrected chi connectivity index (χ1v) is 7.39. The molecule has 1 N–H and O–H groups in total. The van der Waals surface area contributed by atoms with Crippen molar-refractivity contribution in [2.24, 2.45) is 5.41 Å². The van der Waals surface area contributed by atoms with Gasteiger partial charge in [0, 0.05) is 11.1 Å². The zero-order valence-electron chi connectivity index (χ0n) is 11.7. The van der Waals surface area contributed by atoms with E-state index in [1.807, 2.05) is 0 Å². The molecule has 1 saturated carbocycles. The number of hydrogen-bond acceptors (Lipinski definition) is 1. The van der Waals surface area contributed by atoms with Gasteiger partial charge in [0.1, 0.15) is 0 Å². The first kappa shape index (κ1) is 13.9. The molecule has 0 aromatic heterocycles. The van der Waals surface area contributed by atoms with Gasteiger partial charge in [0.05, 0.1) is 0 Å². The Kier molecular flexibility index (Phi) is 4.34. The third-order valence-electron chi connectivity index (χ3n) is 4.15. The van der Waals surface area contributed by atoms with E-state index >= 15 is 0 Å². The van der Waals surface area contributed by atoms with Gasteiger partial charge in [-0.3, -0.25) is 0 Å². The van der Waals surface area contributed by atoms with Crippen LogP contribution in [0.25, 0.3) is 0 Å². The lowest BCUT2D eigenvalue weighted by atomic mass is 9.82. The van der Waals surface area contributed by atoms with Crippen LogP contribution in [0.2, 0.25) is 5.02 Å². The Morgan fingerprint density at radius 3 is 2.89 bits per heavy atom. The second kappa shape index (κ2) is 5.63. The molecule has 0 bridgehead atoms. The molecule has 1 aromatic rings. The van der Waals surface area contributed by atoms with Crippen LogP contribution in [-0.2, 0) is 6.42 Å². The highest BCUT2D eigenvalue weighted by molar-refractivity contribution is 6.31. The van der Waals surface area contributed by atoms with Gasteiger partial charge in [0.25, 0.3) is 0 Å². The summed E-state index contributed by atoms with van der Waals surface area (Å²) in [4.78, 5) is 0. The molecule has 18 heavy (non-hydrogen) atoms. The molecule has 2 rings (SSSR count). The Hall–Kier alpha value is -0.530. The van der Waals surface area contributed by atoms with Crippen molar-refractivity contribution in [3.63, 3.8) is 0 Å². The molecule has 1 nitrogen and oxygen atoms in total. The van der Waals surface area contributed by atoms with Crippen LogP contribution >= 0.6 is 11.6 Å². The van der Waals surface area contributed by atoms with E-state index in [0.717, 1.165) is 18.0 Å². The van der Waals surface area contributed by atoms with Gasteiger partial charge in [-0.15, -0.1) is 0 Å². The Bertz CT molecular complexity index is 416. The van der Waals surface area contributed by atoms with Crippen molar-refractivity contribution < 1.29 is 0 Å². The largest absolute Gasteiger partial charge is 0.314 e. The highest BCUT2D eigenvalue weighted by Crippen LogP contribution is 2.41. The molecular weight excluding hydrogens is 242 g/mol. The molecule has 1 aliphatic rings. The highest BCUT2D eigenvalue weighted by Gasteiger charge is 2.34. The van der Waals surface area contributed by atoms with Gasteiger partial charge < -0.3 is 5.32 Å². The van der Waals surface area contributed by atoms with Crippen LogP contribution in [0, 0.1) is 12.3 Å². The molecule has 100 valence electrons. The van der Waals surface area contributed by atoms with E-state index in [0.29, 0.717) is 11.5 Å². The fraction of sp³-hybridized carbons (Fsp3) is 0.625. The summed E-state index contributed by atoms with van der Waals surface area (Å²) in [5.41, 5.74) is 2.96. The SMILES string of the molecule is CCNC1CCC(C)(Cc2ccc(C)cc2Cl)C1. The summed E-state index contributed by atoms with van der Waals surface area (Å²) in [5, 5.41) is 4.51. The minimum absolute atomic E-state index is 0.408. The second-order valence-corrected chi connectivity index (χ2v) is 6.49. The lowest BCUT2D eigenvalue weighted by Crippen LogP contribution is -2.28. The lowest BCUT2D eigenvalue weighted by Gasteiger charge is -2.25. The predicted octanol–water partition coefficient (Wildman–Crippen LogP) is 4.36. The Morgan fingerprint density at radius 2 is 2.22 bits per heavy atom. The molecule has 0 amide bonds. The van der Waals surface area contributed by atoms with Crippen molar-refractivity contribution in [1.82, 2.24) is 5.32 Å². The number of aryl methyl sites for hydroxylation is 1. The molecule has 2 atom stereocenters. The Labute approximate surface area is 116 Å². The van der Waals surface area contributed by atoms with Crippen molar-refractivity contribution in [2.75, 3.05) is 6.54 Å². The van der Waals surface area contributed by atoms with E-state index in [1.165, 1.54) is 30.4 Å². The van der Waals surface area contributed by atoms with Crippen LogP contribution in [0.1, 0.15) is 44.2 Å². The molecular formula is C16H24ClN. The normalized spacial score (nSPS) is 27.7. The van der Waals surface area contributed by atoms with Gasteiger partial charge in [-0.05, 0) is 61.8 Å². The fourth-order valence-electron chi connectivity index (χ4n) is 3.20. The van der Waals surface area contributed by atoms with Crippen LogP contribution in [0.5, 0.6) is 0 Å². The molecule has 0 spiro atoms. The fourth-order valence-corrected chi connectivity index (χ4v) is 3.50. The van der Waals surface area contributed by atoms with Crippen molar-refractivity contribution in [2.45, 2.75) is 52.5 Å². The van der Waals surface area contributed by atoms with Gasteiger partial charge in [-0.25, -0.2) is 0 Å². The third-order valence-corrected chi connectivity index (χ3v) is 4.51. The zero-order chi connectivity index (χ0) is 13.2. The van der Waals surface area contributed by atoms with Crippen molar-refractivity contribution in [3.05, 3.63) is 34.3 Å². The summed E-state index contributed by atoms with van der Waals surface area (Å²) in [6.07, 6.45) is 4.97. The number of rotatable bonds is 4. The molecule has 2 unspecified atom stereocenters. The van der Waals surface area contributed by atoms with Crippen molar-refractivity contribution >= 4 is 11.6 Å². The molecule has 1 aliphatic carbocycles. The summed E-state index contributed by atoms with van der Waals surface area (Å²) in [6, 6.07) is 7.14. The zero-order valence-corrected chi connectivity index (χ0v) is 12.5. The lowest BCUT2D eigenvalue weighted by molar-refractivity contribution is 0.322. The monoisotopic (exact) mass is 265 g/mol. The molecule has 0 aliphatic heterocycles. The Morgan fingerprint density at radius 1 is 1.44 bits per heavy atom. The smallest absolute Gasteiger partial charge is 0.0440 e. The summed E-state index contributed by atoms with van der Waals surface area (Å²) < 4.78 is 0. The minimum Gasteiger partial charge on any atom is -0.314 e. The standard InChI is InChI=1S/C16H24ClN/c1-4-18-14-7-8-16(3,11-14)10-13-6-5-12(2)9-15(13)17/h5-6,9,14,18H,4,7-8,10-11H2,1-3H3. The van der Waals surface area contributed by atoms with E-state index in [4.69, 9.17) is 11.6 Å². The maximum atomic E-state index is 6.35. The average molecular weight is 266 g/mol. The first-order chi connectivity index (χ1) is 8.52. The van der Waals surface area contributed by atoms with Crippen molar-refractivity contribution in [3.8, 4) is 0 Å². The maximum absolute atomic E-state index is 6.35. The van der Waals surface area contributed by atoms with E-state index in [2.05, 4.69) is 44.3 Å². The van der Waals surface area contributed by atoms with Crippen LogP contribution in [0.15, 0.2) is 18.2 Å². The summed E-state index contributed by atoms with van der Waals surface area (Å²) in [7, 11) is 0. The van der Waals surface area contributed by atoms with E-state index < -0.39 is 0 Å². The predicted molar refractivity (Wildman–Crippen MR) is 79.3 cm³/mol. The minimum atomic E-state index is 0.408. The van der Waals surface area contributed by atoms with Gasteiger partial charge in [0.2, 0.25) is 0 Å². The molecule has 0 saturated heterocycles. The summed E-state index contributed by atoms with van der Waals surface area (Å²) in [5.74, 6) is 0. The molecule has 2 heteroatoms. The van der Waals surface area contributed by atoms with Gasteiger partial charge in [0.15, 0.2) is 0 Å². The maximum Gasteiger partial charge on any atom is 0.0440 e. The van der Waals surface area contributed by atoms with Crippen molar-refractivity contribution in [1.29, 1.82) is 0 Å². The van der Waals surface area contributed by atoms with E-state index in [9.17, 15) is 0 Å². The summed E-state index contributed by atoms with van der Waals surface area (Å²) >= 11 is 6.35. The number of hydrogen-bond donors (Lipinski definition) is 1. The third kappa shape index (κ3) is 3.27. The van der Waals surface area contributed by atoms with E-state index in [1.54, 1.807) is 0 Å². The topological polar surface area (TPSA) is 12.0 Å². The Balaban J connectivity index is 2.05. The average Bonchev–Trinajstić information content (AvgIpc) is 2.65. The van der Waals surface area contributed by atoms with Crippen LogP contribution < -0.4 is 5.32 Å². The molecule has 0 heterocycles. The van der Waals surface area contributed by atoms with Crippen LogP contribution in [0.4, 0.5) is 0 Å². The quantitative estimate of drug-likeness (QED) is 0.853. The van der Waals surface area contributed by atoms with E-state index in [-0.39, 0.29) is 0 Å². The number of halogens is 1. The summed E-state index contributed by atoms with van der Waals surface area (Å²) in [6.45, 7) is 7.76.